The van der Waals surface area contributed by atoms with E-state index in [4.69, 9.17) is 20.8 Å². The minimum Gasteiger partial charge on any atom is -0.496 e. The Bertz CT molecular complexity index is 6550. The van der Waals surface area contributed by atoms with Gasteiger partial charge in [0.2, 0.25) is 29.5 Å². The van der Waals surface area contributed by atoms with Crippen LogP contribution in [0.15, 0.2) is 303 Å². The number of nitrogens with zero attached hydrogens (tertiary/aromatic N) is 11. The van der Waals surface area contributed by atoms with Crippen LogP contribution in [0.1, 0.15) is 142 Å². The van der Waals surface area contributed by atoms with Gasteiger partial charge in [-0.25, -0.2) is 24.9 Å². The first-order valence-electron chi connectivity index (χ1n) is 46.5. The van der Waals surface area contributed by atoms with E-state index < -0.39 is 0 Å². The molecule has 7 aromatic heterocycles. The molecular weight excluding hydrogens is 1720 g/mol. The summed E-state index contributed by atoms with van der Waals surface area (Å²) in [6.45, 7) is 26.5. The number of halogens is 1. The lowest BCUT2D eigenvalue weighted by Gasteiger charge is -2.26. The van der Waals surface area contributed by atoms with Crippen LogP contribution in [0.5, 0.6) is 5.75 Å². The number of rotatable bonds is 16. The van der Waals surface area contributed by atoms with E-state index in [1.54, 1.807) is 74.7 Å². The second kappa shape index (κ2) is 45.4. The number of hydrogen-bond acceptors (Lipinski definition) is 18. The first-order chi connectivity index (χ1) is 66.3. The number of methoxy groups -OCH3 is 1. The van der Waals surface area contributed by atoms with Crippen molar-refractivity contribution in [2.75, 3.05) is 99.1 Å². The van der Waals surface area contributed by atoms with Crippen molar-refractivity contribution in [3.05, 3.63) is 382 Å². The van der Waals surface area contributed by atoms with E-state index in [2.05, 4.69) is 168 Å². The number of fused-ring (bicyclic) bond motifs is 6. The van der Waals surface area contributed by atoms with Crippen LogP contribution >= 0.6 is 11.6 Å². The molecule has 0 unspecified atom stereocenters. The maximum absolute atomic E-state index is 12.6. The van der Waals surface area contributed by atoms with Crippen molar-refractivity contribution in [3.8, 4) is 5.75 Å². The number of anilines is 5. The standard InChI is InChI=1S/C25H23N3O2.C25H27N3O2.C23H22ClN3O.C22H22N4O.C17H19N3O/c1-17-6-8-21-14-18(16-26-25(21)27-17)7-9-24(29)28-12-10-19(11-13-28)23-15-20-4-2-3-5-22(20)30-23;1-18-7-9-22-16-20(17-26-25(22)27-18)8-10-24(29)28-13-11-19(12-14-28)15-21-5-3-4-6-23(21)30-2;1-16-6-8-19-14-17(15-25-23(19)26-16)7-9-22(28)27-12-10-18(11-13-27)20-4-2-3-5-21(20)24;1-16-4-6-19-13-17(14-24-22(19)25-16)5-7-21(27)26-11-8-18(9-12-26)20-3-2-10-23-15-20;1-13-5-7-15-11-14(12-18-17(15)19-13)6-8-16(21)20-9-3-2-4-10-20/h2-5,7,9-10,14-16H,1,6,8,11-13H2,(H,26,27);3-6,8,10-11,16-17H,1,7,9,12-15H2,2H3,(H,26,27);2-5,7,9-10,14-15H,1,6,8,11-13H2,(H,25,26);2-3,5,7-8,10,13-15H,1,4,6,9,11-12H2,(H,24,25);2-3,6,8,11-12H,1,4-5,7,9-10H2,(H,18,19)/b9-7+;10-8+;9-7+;7-5+;8-6+. The Kier molecular flexibility index (Phi) is 31.3. The molecule has 0 bridgehead atoms. The normalized spacial score (nSPS) is 16.6. The summed E-state index contributed by atoms with van der Waals surface area (Å²) in [5.74, 6) is 6.33. The van der Waals surface area contributed by atoms with Crippen LogP contribution in [-0.4, -0.2) is 156 Å². The van der Waals surface area contributed by atoms with Crippen molar-refractivity contribution in [1.29, 1.82) is 0 Å². The third-order valence-corrected chi connectivity index (χ3v) is 25.5. The van der Waals surface area contributed by atoms with E-state index in [0.29, 0.717) is 45.8 Å². The number of para-hydroxylation sites is 2. The van der Waals surface area contributed by atoms with E-state index in [-0.39, 0.29) is 29.5 Å². The summed E-state index contributed by atoms with van der Waals surface area (Å²) in [6, 6.07) is 40.4. The molecule has 0 atom stereocenters. The maximum atomic E-state index is 12.6. The number of nitrogens with one attached hydrogen (secondary N) is 5. The average molecular weight is 1830 g/mol. The Hall–Kier alpha value is -15.4. The quantitative estimate of drug-likeness (QED) is 0.0445. The van der Waals surface area contributed by atoms with Gasteiger partial charge >= 0.3 is 0 Å². The number of amides is 5. The highest BCUT2D eigenvalue weighted by Gasteiger charge is 2.26. The molecule has 10 aliphatic heterocycles. The van der Waals surface area contributed by atoms with E-state index in [1.165, 1.54) is 39.0 Å². The number of carbonyl (C=O) groups excluding carboxylic acids is 5. The minimum atomic E-state index is 0.0127. The molecule has 136 heavy (non-hydrogen) atoms. The summed E-state index contributed by atoms with van der Waals surface area (Å²) in [7, 11) is 1.70. The van der Waals surface area contributed by atoms with Crippen molar-refractivity contribution in [2.45, 2.75) is 103 Å². The summed E-state index contributed by atoms with van der Waals surface area (Å²) in [6.07, 6.45) is 57.0. The molecule has 10 aromatic rings. The van der Waals surface area contributed by atoms with Crippen molar-refractivity contribution in [2.24, 2.45) is 0 Å². The highest BCUT2D eigenvalue weighted by Crippen LogP contribution is 2.35. The van der Waals surface area contributed by atoms with Crippen LogP contribution in [0.3, 0.4) is 0 Å². The van der Waals surface area contributed by atoms with Crippen LogP contribution in [0.25, 0.3) is 58.1 Å². The lowest BCUT2D eigenvalue weighted by Crippen LogP contribution is -2.33. The van der Waals surface area contributed by atoms with Gasteiger partial charge in [0.1, 0.15) is 46.2 Å². The van der Waals surface area contributed by atoms with Gasteiger partial charge in [-0.3, -0.25) is 29.0 Å². The Morgan fingerprint density at radius 1 is 0.397 bits per heavy atom. The number of carbonyl (C=O) groups is 5. The zero-order chi connectivity index (χ0) is 94.2. The van der Waals surface area contributed by atoms with Crippen molar-refractivity contribution in [3.63, 3.8) is 0 Å². The first kappa shape index (κ1) is 93.9. The summed E-state index contributed by atoms with van der Waals surface area (Å²) in [5, 5.41) is 17.9. The molecule has 0 aliphatic carbocycles. The van der Waals surface area contributed by atoms with Crippen LogP contribution in [0, 0.1) is 0 Å². The third kappa shape index (κ3) is 25.3. The summed E-state index contributed by atoms with van der Waals surface area (Å²) in [5.41, 5.74) is 24.8. The van der Waals surface area contributed by atoms with E-state index in [1.807, 2.05) is 140 Å². The van der Waals surface area contributed by atoms with Gasteiger partial charge in [0.25, 0.3) is 0 Å². The highest BCUT2D eigenvalue weighted by molar-refractivity contribution is 6.32. The highest BCUT2D eigenvalue weighted by atomic mass is 35.5. The summed E-state index contributed by atoms with van der Waals surface area (Å²) >= 11 is 6.28. The molecule has 5 N–H and O–H groups in total. The van der Waals surface area contributed by atoms with Gasteiger partial charge < -0.3 is 60.2 Å². The van der Waals surface area contributed by atoms with Crippen LogP contribution in [0.2, 0.25) is 5.02 Å². The van der Waals surface area contributed by atoms with Crippen molar-refractivity contribution >= 4 is 128 Å². The third-order valence-electron chi connectivity index (χ3n) is 25.1. The second-order valence-corrected chi connectivity index (χ2v) is 35.2. The summed E-state index contributed by atoms with van der Waals surface area (Å²) < 4.78 is 11.4. The van der Waals surface area contributed by atoms with Gasteiger partial charge in [-0.05, 0) is 283 Å². The van der Waals surface area contributed by atoms with Crippen molar-refractivity contribution in [1.82, 2.24) is 54.4 Å². The minimum absolute atomic E-state index is 0.0127. The van der Waals surface area contributed by atoms with Gasteiger partial charge in [0.05, 0.1) is 7.11 Å². The average Bonchev–Trinajstić information content (AvgIpc) is 1.62. The Morgan fingerprint density at radius 3 is 1.17 bits per heavy atom. The molecule has 3 aromatic carbocycles. The summed E-state index contributed by atoms with van der Waals surface area (Å²) in [4.78, 5) is 98.0. The van der Waals surface area contributed by atoms with Gasteiger partial charge in [-0.15, -0.1) is 0 Å². The molecule has 0 saturated heterocycles. The zero-order valence-electron chi connectivity index (χ0n) is 76.9. The molecule has 17 heterocycles. The topological polar surface area (TPSA) is 261 Å². The fraction of sp³-hybridized carbons (Fsp3) is 0.241. The van der Waals surface area contributed by atoms with Crippen molar-refractivity contribution < 1.29 is 33.1 Å². The van der Waals surface area contributed by atoms with Gasteiger partial charge in [-0.1, -0.05) is 147 Å². The van der Waals surface area contributed by atoms with Gasteiger partial charge in [0.15, 0.2) is 0 Å². The predicted molar refractivity (Wildman–Crippen MR) is 548 cm³/mol. The van der Waals surface area contributed by atoms with E-state index >= 15 is 0 Å². The number of ether oxygens (including phenoxy) is 1. The lowest BCUT2D eigenvalue weighted by molar-refractivity contribution is -0.126. The van der Waals surface area contributed by atoms with Gasteiger partial charge in [-0.2, -0.15) is 0 Å². The number of benzene rings is 3. The van der Waals surface area contributed by atoms with E-state index in [0.717, 1.165) is 263 Å². The monoisotopic (exact) mass is 1830 g/mol. The zero-order valence-corrected chi connectivity index (χ0v) is 77.7. The number of pyridine rings is 6. The molecule has 20 rings (SSSR count). The van der Waals surface area contributed by atoms with Crippen LogP contribution < -0.4 is 31.3 Å². The van der Waals surface area contributed by atoms with Crippen LogP contribution in [-0.2, 0) is 62.5 Å². The van der Waals surface area contributed by atoms with Gasteiger partial charge in [0, 0.05) is 178 Å². The number of furan rings is 1. The molecule has 0 fully saturated rings. The maximum Gasteiger partial charge on any atom is 0.246 e. The molecule has 0 radical (unpaired) electrons. The Labute approximate surface area is 800 Å². The number of aryl methyl sites for hydroxylation is 5. The first-order valence-corrected chi connectivity index (χ1v) is 46.9. The largest absolute Gasteiger partial charge is 0.496 e. The molecule has 690 valence electrons. The second-order valence-electron chi connectivity index (χ2n) is 34.8. The number of hydrogen-bond donors (Lipinski definition) is 5. The Balaban J connectivity index is 0.000000124. The fourth-order valence-corrected chi connectivity index (χ4v) is 17.6. The molecule has 0 saturated carbocycles. The van der Waals surface area contributed by atoms with Crippen LogP contribution in [0.4, 0.5) is 29.1 Å². The Morgan fingerprint density at radius 2 is 0.787 bits per heavy atom. The van der Waals surface area contributed by atoms with E-state index in [9.17, 15) is 24.0 Å². The molecule has 0 spiro atoms. The lowest BCUT2D eigenvalue weighted by atomic mass is 9.99. The fourth-order valence-electron chi connectivity index (χ4n) is 17.3. The molecular formula is C112H113ClN16O7. The smallest absolute Gasteiger partial charge is 0.246 e. The molecule has 24 heteroatoms. The molecule has 23 nitrogen and oxygen atoms in total. The SMILES string of the molecule is C=C1CCc2cc(/C=C/C(=O)N3CC=C(Cc4ccccc4OC)CC3)cnc2N1.C=C1CCc2cc(/C=C/C(=O)N3CC=C(c4cc5ccccc5o4)CC3)cnc2N1.C=C1CCc2cc(/C=C/C(=O)N3CC=C(c4ccccc4Cl)CC3)cnc2N1.C=C1CCc2cc(/C=C/C(=O)N3CC=C(c4cccnc4)CC3)cnc2N1.C=C1CCc2cc(/C=C/C(=O)N3CC=CCC3)cnc2N1. The molecule has 5 amide bonds. The molecule has 10 aliphatic rings. The predicted octanol–water partition coefficient (Wildman–Crippen LogP) is 20.8. The number of allylic oxidation sites excluding steroid dienone is 5. The number of aromatic nitrogens is 6.